The van der Waals surface area contributed by atoms with Crippen LogP contribution < -0.4 is 5.32 Å². The van der Waals surface area contributed by atoms with Gasteiger partial charge in [-0.3, -0.25) is 4.79 Å². The van der Waals surface area contributed by atoms with Crippen molar-refractivity contribution < 1.29 is 4.79 Å². The molecule has 0 heterocycles. The van der Waals surface area contributed by atoms with Crippen LogP contribution in [0.2, 0.25) is 0 Å². The molecule has 1 atom stereocenters. The molecule has 0 radical (unpaired) electrons. The van der Waals surface area contributed by atoms with Crippen molar-refractivity contribution in [1.82, 2.24) is 5.32 Å². The van der Waals surface area contributed by atoms with E-state index >= 15 is 0 Å². The molecule has 0 saturated carbocycles. The second kappa shape index (κ2) is 4.27. The summed E-state index contributed by atoms with van der Waals surface area (Å²) in [7, 11) is 0. The predicted molar refractivity (Wildman–Crippen MR) is 49.0 cm³/mol. The average molecular weight is 174 g/mol. The fourth-order valence-electron chi connectivity index (χ4n) is 0.902. The number of nitriles is 1. The van der Waals surface area contributed by atoms with Gasteiger partial charge in [0.1, 0.15) is 6.04 Å². The third kappa shape index (κ3) is 2.60. The zero-order chi connectivity index (χ0) is 9.68. The Morgan fingerprint density at radius 3 is 2.62 bits per heavy atom. The Bertz CT molecular complexity index is 327. The molecular weight excluding hydrogens is 164 g/mol. The summed E-state index contributed by atoms with van der Waals surface area (Å²) >= 11 is 0. The molecule has 13 heavy (non-hydrogen) atoms. The van der Waals surface area contributed by atoms with Crippen molar-refractivity contribution in [3.05, 3.63) is 35.9 Å². The molecule has 0 saturated heterocycles. The topological polar surface area (TPSA) is 52.9 Å². The molecule has 1 rings (SSSR count). The van der Waals surface area contributed by atoms with Crippen molar-refractivity contribution in [2.75, 3.05) is 0 Å². The summed E-state index contributed by atoms with van der Waals surface area (Å²) in [4.78, 5) is 11.4. The van der Waals surface area contributed by atoms with Gasteiger partial charge in [-0.05, 0) is 19.1 Å². The highest BCUT2D eigenvalue weighted by Gasteiger charge is 2.06. The largest absolute Gasteiger partial charge is 0.337 e. The quantitative estimate of drug-likeness (QED) is 0.735. The van der Waals surface area contributed by atoms with E-state index in [-0.39, 0.29) is 5.91 Å². The van der Waals surface area contributed by atoms with Crippen molar-refractivity contribution in [2.45, 2.75) is 13.0 Å². The van der Waals surface area contributed by atoms with Gasteiger partial charge in [0.05, 0.1) is 6.07 Å². The normalized spacial score (nSPS) is 11.4. The summed E-state index contributed by atoms with van der Waals surface area (Å²) in [6, 6.07) is 10.3. The molecule has 0 spiro atoms. The minimum atomic E-state index is -0.451. The summed E-state index contributed by atoms with van der Waals surface area (Å²) in [5.74, 6) is -0.213. The summed E-state index contributed by atoms with van der Waals surface area (Å²) in [6.45, 7) is 1.64. The molecule has 1 N–H and O–H groups in total. The standard InChI is InChI=1S/C10H10N2O/c1-8(7-11)12-10(13)9-5-3-2-4-6-9/h2-6,8H,1H3,(H,12,13)/t8-/m0/s1. The lowest BCUT2D eigenvalue weighted by atomic mass is 10.2. The highest BCUT2D eigenvalue weighted by Crippen LogP contribution is 1.98. The van der Waals surface area contributed by atoms with Gasteiger partial charge in [0.25, 0.3) is 5.91 Å². The Balaban J connectivity index is 2.66. The first-order valence-corrected chi connectivity index (χ1v) is 3.99. The van der Waals surface area contributed by atoms with Crippen LogP contribution >= 0.6 is 0 Å². The first-order chi connectivity index (χ1) is 6.24. The second-order valence-corrected chi connectivity index (χ2v) is 2.69. The van der Waals surface area contributed by atoms with Crippen molar-refractivity contribution in [3.8, 4) is 6.07 Å². The third-order valence-electron chi connectivity index (χ3n) is 1.58. The summed E-state index contributed by atoms with van der Waals surface area (Å²) in [5, 5.41) is 11.0. The molecule has 66 valence electrons. The molecule has 0 aromatic heterocycles. The van der Waals surface area contributed by atoms with Crippen LogP contribution in [0.25, 0.3) is 0 Å². The lowest BCUT2D eigenvalue weighted by molar-refractivity contribution is 0.0948. The number of hydrogen-bond donors (Lipinski definition) is 1. The maximum atomic E-state index is 11.4. The average Bonchev–Trinajstić information content (AvgIpc) is 2.19. The fraction of sp³-hybridized carbons (Fsp3) is 0.200. The van der Waals surface area contributed by atoms with Crippen LogP contribution in [-0.2, 0) is 0 Å². The Morgan fingerprint density at radius 1 is 1.46 bits per heavy atom. The van der Waals surface area contributed by atoms with Crippen molar-refractivity contribution >= 4 is 5.91 Å². The fourth-order valence-corrected chi connectivity index (χ4v) is 0.902. The first-order valence-electron chi connectivity index (χ1n) is 3.99. The van der Waals surface area contributed by atoms with Gasteiger partial charge >= 0.3 is 0 Å². The van der Waals surface area contributed by atoms with Crippen LogP contribution in [0.5, 0.6) is 0 Å². The van der Waals surface area contributed by atoms with Gasteiger partial charge in [-0.1, -0.05) is 18.2 Å². The lowest BCUT2D eigenvalue weighted by Crippen LogP contribution is -2.31. The van der Waals surface area contributed by atoms with Crippen LogP contribution in [0.15, 0.2) is 30.3 Å². The third-order valence-corrected chi connectivity index (χ3v) is 1.58. The molecule has 3 heteroatoms. The maximum absolute atomic E-state index is 11.4. The van der Waals surface area contributed by atoms with Gasteiger partial charge in [0.2, 0.25) is 0 Å². The van der Waals surface area contributed by atoms with E-state index < -0.39 is 6.04 Å². The number of nitrogens with one attached hydrogen (secondary N) is 1. The zero-order valence-electron chi connectivity index (χ0n) is 7.32. The molecule has 0 unspecified atom stereocenters. The van der Waals surface area contributed by atoms with Gasteiger partial charge in [-0.2, -0.15) is 5.26 Å². The van der Waals surface area contributed by atoms with E-state index in [2.05, 4.69) is 5.32 Å². The molecule has 1 amide bonds. The number of benzene rings is 1. The zero-order valence-corrected chi connectivity index (χ0v) is 7.32. The Hall–Kier alpha value is -1.82. The number of carbonyl (C=O) groups is 1. The molecular formula is C10H10N2O. The Morgan fingerprint density at radius 2 is 2.08 bits per heavy atom. The van der Waals surface area contributed by atoms with Gasteiger partial charge < -0.3 is 5.32 Å². The first kappa shape index (κ1) is 9.27. The van der Waals surface area contributed by atoms with Crippen molar-refractivity contribution in [3.63, 3.8) is 0 Å². The number of amides is 1. The van der Waals surface area contributed by atoms with Crippen molar-refractivity contribution in [1.29, 1.82) is 5.26 Å². The van der Waals surface area contributed by atoms with Crippen molar-refractivity contribution in [2.24, 2.45) is 0 Å². The van der Waals surface area contributed by atoms with Gasteiger partial charge in [-0.15, -0.1) is 0 Å². The monoisotopic (exact) mass is 174 g/mol. The minimum absolute atomic E-state index is 0.213. The molecule has 0 aliphatic heterocycles. The van der Waals surface area contributed by atoms with E-state index in [4.69, 9.17) is 5.26 Å². The second-order valence-electron chi connectivity index (χ2n) is 2.69. The summed E-state index contributed by atoms with van der Waals surface area (Å²) < 4.78 is 0. The van der Waals surface area contributed by atoms with Gasteiger partial charge in [0.15, 0.2) is 0 Å². The smallest absolute Gasteiger partial charge is 0.252 e. The highest BCUT2D eigenvalue weighted by molar-refractivity contribution is 5.94. The van der Waals surface area contributed by atoms with E-state index in [0.29, 0.717) is 5.56 Å². The Labute approximate surface area is 77.0 Å². The van der Waals surface area contributed by atoms with Gasteiger partial charge in [-0.25, -0.2) is 0 Å². The molecule has 0 aliphatic rings. The van der Waals surface area contributed by atoms with E-state index in [1.807, 2.05) is 12.1 Å². The molecule has 0 bridgehead atoms. The summed E-state index contributed by atoms with van der Waals surface area (Å²) in [5.41, 5.74) is 0.574. The number of carbonyl (C=O) groups excluding carboxylic acids is 1. The van der Waals surface area contributed by atoms with Crippen LogP contribution in [0.1, 0.15) is 17.3 Å². The minimum Gasteiger partial charge on any atom is -0.337 e. The Kier molecular flexibility index (Phi) is 3.04. The lowest BCUT2D eigenvalue weighted by Gasteiger charge is -2.05. The molecule has 1 aromatic carbocycles. The van der Waals surface area contributed by atoms with Gasteiger partial charge in [0, 0.05) is 5.56 Å². The van der Waals surface area contributed by atoms with E-state index in [9.17, 15) is 4.79 Å². The summed E-state index contributed by atoms with van der Waals surface area (Å²) in [6.07, 6.45) is 0. The predicted octanol–water partition coefficient (Wildman–Crippen LogP) is 1.33. The number of hydrogen-bond acceptors (Lipinski definition) is 2. The molecule has 1 aromatic rings. The maximum Gasteiger partial charge on any atom is 0.252 e. The van der Waals surface area contributed by atoms with Crippen LogP contribution in [0.4, 0.5) is 0 Å². The molecule has 3 nitrogen and oxygen atoms in total. The van der Waals surface area contributed by atoms with E-state index in [0.717, 1.165) is 0 Å². The van der Waals surface area contributed by atoms with E-state index in [1.54, 1.807) is 31.2 Å². The molecule has 0 aliphatic carbocycles. The molecule has 0 fully saturated rings. The van der Waals surface area contributed by atoms with Crippen LogP contribution in [0, 0.1) is 11.3 Å². The SMILES string of the molecule is C[C@@H](C#N)NC(=O)c1ccccc1. The number of nitrogens with zero attached hydrogens (tertiary/aromatic N) is 1. The highest BCUT2D eigenvalue weighted by atomic mass is 16.1. The number of rotatable bonds is 2. The van der Waals surface area contributed by atoms with E-state index in [1.165, 1.54) is 0 Å². The van der Waals surface area contributed by atoms with Crippen LogP contribution in [-0.4, -0.2) is 11.9 Å². The van der Waals surface area contributed by atoms with Crippen LogP contribution in [0.3, 0.4) is 0 Å².